The van der Waals surface area contributed by atoms with E-state index in [1.807, 2.05) is 0 Å². The molecule has 8 heteroatoms. The van der Waals surface area contributed by atoms with Crippen LogP contribution in [0.15, 0.2) is 22.7 Å². The first-order valence-corrected chi connectivity index (χ1v) is 7.60. The Labute approximate surface area is 137 Å². The molecule has 2 aromatic rings. The number of carbonyl (C=O) groups excluding carboxylic acids is 1. The predicted molar refractivity (Wildman–Crippen MR) is 85.3 cm³/mol. The number of benzene rings is 1. The highest BCUT2D eigenvalue weighted by atomic mass is 16.6. The molecule has 0 aliphatic heterocycles. The van der Waals surface area contributed by atoms with Crippen LogP contribution in [0.3, 0.4) is 0 Å². The Morgan fingerprint density at radius 3 is 3.00 bits per heavy atom. The molecule has 3 rings (SSSR count). The van der Waals surface area contributed by atoms with E-state index in [0.29, 0.717) is 11.7 Å². The molecule has 0 fully saturated rings. The summed E-state index contributed by atoms with van der Waals surface area (Å²) >= 11 is 0. The summed E-state index contributed by atoms with van der Waals surface area (Å²) in [5.74, 6) is 1.06. The van der Waals surface area contributed by atoms with Crippen molar-refractivity contribution in [3.05, 3.63) is 45.3 Å². The highest BCUT2D eigenvalue weighted by Crippen LogP contribution is 2.31. The van der Waals surface area contributed by atoms with E-state index in [1.54, 1.807) is 0 Å². The monoisotopic (exact) mass is 331 g/mol. The minimum Gasteiger partial charge on any atom is -0.495 e. The first kappa shape index (κ1) is 16.0. The van der Waals surface area contributed by atoms with Crippen LogP contribution in [0.4, 0.5) is 11.4 Å². The van der Waals surface area contributed by atoms with Crippen molar-refractivity contribution >= 4 is 17.3 Å². The van der Waals surface area contributed by atoms with Gasteiger partial charge in [0.15, 0.2) is 5.69 Å². The second-order valence-electron chi connectivity index (χ2n) is 5.88. The largest absolute Gasteiger partial charge is 0.495 e. The Kier molecular flexibility index (Phi) is 4.20. The van der Waals surface area contributed by atoms with Crippen molar-refractivity contribution < 1.29 is 19.0 Å². The van der Waals surface area contributed by atoms with Crippen LogP contribution >= 0.6 is 0 Å². The van der Waals surface area contributed by atoms with Crippen LogP contribution in [0.2, 0.25) is 0 Å². The molecule has 1 amide bonds. The number of amides is 1. The lowest BCUT2D eigenvalue weighted by Gasteiger charge is -2.16. The number of methoxy groups -OCH3 is 1. The lowest BCUT2D eigenvalue weighted by molar-refractivity contribution is -0.384. The van der Waals surface area contributed by atoms with Crippen molar-refractivity contribution in [2.45, 2.75) is 26.2 Å². The molecule has 1 aliphatic rings. The van der Waals surface area contributed by atoms with Gasteiger partial charge >= 0.3 is 0 Å². The summed E-state index contributed by atoms with van der Waals surface area (Å²) < 4.78 is 10.4. The molecule has 126 valence electrons. The third kappa shape index (κ3) is 2.94. The molecule has 1 aromatic heterocycles. The highest BCUT2D eigenvalue weighted by Gasteiger charge is 2.27. The maximum Gasteiger partial charge on any atom is 0.278 e. The van der Waals surface area contributed by atoms with Gasteiger partial charge in [0.1, 0.15) is 11.5 Å². The van der Waals surface area contributed by atoms with Crippen molar-refractivity contribution in [2.75, 3.05) is 12.4 Å². The van der Waals surface area contributed by atoms with Gasteiger partial charge in [-0.2, -0.15) is 0 Å². The van der Waals surface area contributed by atoms with E-state index in [2.05, 4.69) is 17.4 Å². The average Bonchev–Trinajstić information content (AvgIpc) is 2.97. The number of non-ortho nitro benzene ring substituents is 1. The molecule has 0 unspecified atom stereocenters. The fraction of sp³-hybridized carbons (Fsp3) is 0.375. The van der Waals surface area contributed by atoms with Gasteiger partial charge in [0.2, 0.25) is 0 Å². The fourth-order valence-corrected chi connectivity index (χ4v) is 2.85. The van der Waals surface area contributed by atoms with Gasteiger partial charge < -0.3 is 14.6 Å². The lowest BCUT2D eigenvalue weighted by atomic mass is 9.88. The normalized spacial score (nSPS) is 16.3. The number of aryl methyl sites for hydroxylation is 1. The van der Waals surface area contributed by atoms with E-state index in [-0.39, 0.29) is 17.1 Å². The van der Waals surface area contributed by atoms with E-state index < -0.39 is 10.8 Å². The van der Waals surface area contributed by atoms with Crippen molar-refractivity contribution in [3.63, 3.8) is 0 Å². The third-order valence-electron chi connectivity index (χ3n) is 4.14. The van der Waals surface area contributed by atoms with Crippen LogP contribution in [0, 0.1) is 16.0 Å². The summed E-state index contributed by atoms with van der Waals surface area (Å²) in [6.07, 6.45) is 2.49. The molecule has 0 spiro atoms. The number of carbonyl (C=O) groups is 1. The van der Waals surface area contributed by atoms with Gasteiger partial charge in [0, 0.05) is 24.1 Å². The van der Waals surface area contributed by atoms with Crippen LogP contribution in [-0.4, -0.2) is 23.1 Å². The molecular weight excluding hydrogens is 314 g/mol. The van der Waals surface area contributed by atoms with Gasteiger partial charge in [-0.05, 0) is 24.8 Å². The first-order chi connectivity index (χ1) is 11.5. The standard InChI is InChI=1S/C16H17N3O5/c1-9-3-5-13-11(7-9)15(18-24-13)16(20)17-12-8-10(19(21)22)4-6-14(12)23-2/h4,6,8-9H,3,5,7H2,1-2H3,(H,17,20)/t9-/m0/s1. The number of rotatable bonds is 4. The minimum absolute atomic E-state index is 0.137. The molecule has 0 saturated heterocycles. The third-order valence-corrected chi connectivity index (χ3v) is 4.14. The minimum atomic E-state index is -0.533. The summed E-state index contributed by atoms with van der Waals surface area (Å²) in [7, 11) is 1.43. The maximum atomic E-state index is 12.5. The topological polar surface area (TPSA) is 108 Å². The fourth-order valence-electron chi connectivity index (χ4n) is 2.85. The average molecular weight is 331 g/mol. The zero-order chi connectivity index (χ0) is 17.3. The van der Waals surface area contributed by atoms with Crippen molar-refractivity contribution in [1.29, 1.82) is 0 Å². The van der Waals surface area contributed by atoms with Crippen molar-refractivity contribution in [2.24, 2.45) is 5.92 Å². The highest BCUT2D eigenvalue weighted by molar-refractivity contribution is 6.04. The van der Waals surface area contributed by atoms with Gasteiger partial charge in [-0.1, -0.05) is 12.1 Å². The molecule has 24 heavy (non-hydrogen) atoms. The number of nitrogens with zero attached hydrogens (tertiary/aromatic N) is 2. The number of anilines is 1. The van der Waals surface area contributed by atoms with Crippen LogP contribution < -0.4 is 10.1 Å². The van der Waals surface area contributed by atoms with E-state index in [9.17, 15) is 14.9 Å². The maximum absolute atomic E-state index is 12.5. The smallest absolute Gasteiger partial charge is 0.278 e. The molecule has 1 atom stereocenters. The summed E-state index contributed by atoms with van der Waals surface area (Å²) in [4.78, 5) is 22.9. The molecule has 1 N–H and O–H groups in total. The van der Waals surface area contributed by atoms with Crippen LogP contribution in [-0.2, 0) is 12.8 Å². The summed E-state index contributed by atoms with van der Waals surface area (Å²) in [6.45, 7) is 2.11. The van der Waals surface area contributed by atoms with Gasteiger partial charge in [0.05, 0.1) is 17.7 Å². The Hall–Kier alpha value is -2.90. The number of ether oxygens (including phenoxy) is 1. The number of nitro groups is 1. The number of fused-ring (bicyclic) bond motifs is 1. The zero-order valence-electron chi connectivity index (χ0n) is 13.4. The van der Waals surface area contributed by atoms with Crippen molar-refractivity contribution in [1.82, 2.24) is 5.16 Å². The second kappa shape index (κ2) is 6.31. The van der Waals surface area contributed by atoms with Gasteiger partial charge in [0.25, 0.3) is 11.6 Å². The molecule has 1 aliphatic carbocycles. The van der Waals surface area contributed by atoms with Crippen LogP contribution in [0.1, 0.15) is 35.2 Å². The summed E-state index contributed by atoms with van der Waals surface area (Å²) in [6, 6.07) is 4.01. The molecular formula is C16H17N3O5. The Morgan fingerprint density at radius 2 is 2.29 bits per heavy atom. The lowest BCUT2D eigenvalue weighted by Crippen LogP contribution is -2.18. The SMILES string of the molecule is COc1ccc([N+](=O)[O-])cc1NC(=O)c1noc2c1C[C@@H](C)CC2. The van der Waals surface area contributed by atoms with E-state index in [4.69, 9.17) is 9.26 Å². The van der Waals surface area contributed by atoms with Crippen LogP contribution in [0.25, 0.3) is 0 Å². The Bertz CT molecular complexity index is 799. The quantitative estimate of drug-likeness (QED) is 0.681. The molecule has 8 nitrogen and oxygen atoms in total. The second-order valence-corrected chi connectivity index (χ2v) is 5.88. The van der Waals surface area contributed by atoms with Gasteiger partial charge in [-0.15, -0.1) is 0 Å². The number of aromatic nitrogens is 1. The number of nitro benzene ring substituents is 1. The molecule has 1 aromatic carbocycles. The van der Waals surface area contributed by atoms with Gasteiger partial charge in [-0.25, -0.2) is 0 Å². The Morgan fingerprint density at radius 1 is 1.50 bits per heavy atom. The first-order valence-electron chi connectivity index (χ1n) is 7.60. The van der Waals surface area contributed by atoms with E-state index >= 15 is 0 Å². The summed E-state index contributed by atoms with van der Waals surface area (Å²) in [5, 5.41) is 17.4. The zero-order valence-corrected chi connectivity index (χ0v) is 13.4. The van der Waals surface area contributed by atoms with E-state index in [0.717, 1.165) is 30.6 Å². The van der Waals surface area contributed by atoms with Gasteiger partial charge in [-0.3, -0.25) is 14.9 Å². The number of nitrogens with one attached hydrogen (secondary N) is 1. The molecule has 0 radical (unpaired) electrons. The molecule has 0 saturated carbocycles. The number of hydrogen-bond acceptors (Lipinski definition) is 6. The van der Waals surface area contributed by atoms with E-state index in [1.165, 1.54) is 25.3 Å². The van der Waals surface area contributed by atoms with Crippen molar-refractivity contribution in [3.8, 4) is 5.75 Å². The van der Waals surface area contributed by atoms with Crippen LogP contribution in [0.5, 0.6) is 5.75 Å². The molecule has 0 bridgehead atoms. The summed E-state index contributed by atoms with van der Waals surface area (Å²) in [5.41, 5.74) is 1.12. The predicted octanol–water partition coefficient (Wildman–Crippen LogP) is 2.97. The molecule has 1 heterocycles. The Balaban J connectivity index is 1.89. The number of hydrogen-bond donors (Lipinski definition) is 1.